The van der Waals surface area contributed by atoms with Gasteiger partial charge in [0.05, 0.1) is 5.56 Å². The molecule has 0 radical (unpaired) electrons. The van der Waals surface area contributed by atoms with E-state index in [0.29, 0.717) is 16.1 Å². The number of hydrogen-bond donors (Lipinski definition) is 0. The Kier molecular flexibility index (Phi) is 4.48. The van der Waals surface area contributed by atoms with Gasteiger partial charge in [-0.1, -0.05) is 11.6 Å². The fourth-order valence-corrected chi connectivity index (χ4v) is 1.76. The van der Waals surface area contributed by atoms with Crippen molar-refractivity contribution in [3.05, 3.63) is 64.4 Å². The number of nitrogens with zero attached hydrogens (tertiary/aromatic N) is 1. The zero-order valence-corrected chi connectivity index (χ0v) is 11.6. The van der Waals surface area contributed by atoms with Gasteiger partial charge in [-0.3, -0.25) is 9.78 Å². The van der Waals surface area contributed by atoms with Gasteiger partial charge in [0.15, 0.2) is 6.61 Å². The third-order valence-electron chi connectivity index (χ3n) is 2.75. The zero-order valence-electron chi connectivity index (χ0n) is 10.8. The number of aryl methyl sites for hydroxylation is 1. The molecule has 1 aromatic carbocycles. The highest BCUT2D eigenvalue weighted by Crippen LogP contribution is 2.11. The van der Waals surface area contributed by atoms with E-state index in [2.05, 4.69) is 4.98 Å². The van der Waals surface area contributed by atoms with Crippen molar-refractivity contribution >= 4 is 23.4 Å². The van der Waals surface area contributed by atoms with E-state index in [-0.39, 0.29) is 12.4 Å². The number of carbonyl (C=O) groups excluding carboxylic acids is 2. The lowest BCUT2D eigenvalue weighted by atomic mass is 10.1. The quantitative estimate of drug-likeness (QED) is 0.641. The third-order valence-corrected chi connectivity index (χ3v) is 3.01. The summed E-state index contributed by atoms with van der Waals surface area (Å²) in [6.07, 6.45) is 3.07. The molecular weight excluding hydrogens is 278 g/mol. The highest BCUT2D eigenvalue weighted by Gasteiger charge is 2.13. The number of benzene rings is 1. The van der Waals surface area contributed by atoms with Crippen molar-refractivity contribution in [1.82, 2.24) is 4.98 Å². The Labute approximate surface area is 121 Å². The molecule has 0 aliphatic rings. The Morgan fingerprint density at radius 3 is 2.55 bits per heavy atom. The Bertz CT molecular complexity index is 638. The molecule has 0 unspecified atom stereocenters. The molecule has 0 aliphatic carbocycles. The van der Waals surface area contributed by atoms with Crippen LogP contribution in [0.2, 0.25) is 5.02 Å². The molecule has 0 amide bonds. The van der Waals surface area contributed by atoms with E-state index in [4.69, 9.17) is 16.3 Å². The summed E-state index contributed by atoms with van der Waals surface area (Å²) >= 11 is 5.73. The number of halogens is 1. The second kappa shape index (κ2) is 6.30. The summed E-state index contributed by atoms with van der Waals surface area (Å²) in [6, 6.07) is 8.00. The van der Waals surface area contributed by atoms with Crippen molar-refractivity contribution in [2.24, 2.45) is 0 Å². The topological polar surface area (TPSA) is 56.3 Å². The van der Waals surface area contributed by atoms with Gasteiger partial charge in [-0.2, -0.15) is 0 Å². The number of Topliss-reactive ketones (excluding diaryl/α,β-unsaturated/α-hetero) is 1. The first-order valence-corrected chi connectivity index (χ1v) is 6.32. The molecule has 5 heteroatoms. The lowest BCUT2D eigenvalue weighted by Gasteiger charge is -2.06. The zero-order chi connectivity index (χ0) is 14.5. The number of carbonyl (C=O) groups is 2. The molecule has 0 saturated carbocycles. The summed E-state index contributed by atoms with van der Waals surface area (Å²) in [4.78, 5) is 27.5. The summed E-state index contributed by atoms with van der Waals surface area (Å²) in [5.74, 6) is -0.838. The summed E-state index contributed by atoms with van der Waals surface area (Å²) in [5, 5.41) is 0.531. The van der Waals surface area contributed by atoms with Crippen molar-refractivity contribution in [2.45, 2.75) is 6.92 Å². The van der Waals surface area contributed by atoms with Crippen molar-refractivity contribution in [3.8, 4) is 0 Å². The largest absolute Gasteiger partial charge is 0.454 e. The maximum atomic E-state index is 11.9. The number of ether oxygens (including phenoxy) is 1. The smallest absolute Gasteiger partial charge is 0.338 e. The molecule has 1 heterocycles. The van der Waals surface area contributed by atoms with Gasteiger partial charge in [0.2, 0.25) is 5.78 Å². The molecule has 20 heavy (non-hydrogen) atoms. The van der Waals surface area contributed by atoms with Crippen LogP contribution in [-0.2, 0) is 4.74 Å². The molecule has 1 aromatic heterocycles. The fraction of sp³-hybridized carbons (Fsp3) is 0.133. The fourth-order valence-electron chi connectivity index (χ4n) is 1.63. The average molecular weight is 290 g/mol. The Balaban J connectivity index is 1.99. The van der Waals surface area contributed by atoms with Crippen LogP contribution in [0.15, 0.2) is 42.7 Å². The Hall–Kier alpha value is -2.20. The standard InChI is InChI=1S/C15H12ClNO3/c1-10-6-7-17-8-13(10)14(18)9-20-15(19)11-2-4-12(16)5-3-11/h2-8H,9H2,1H3. The monoisotopic (exact) mass is 289 g/mol. The molecule has 4 nitrogen and oxygen atoms in total. The summed E-state index contributed by atoms with van der Waals surface area (Å²) in [7, 11) is 0. The van der Waals surface area contributed by atoms with E-state index >= 15 is 0 Å². The van der Waals surface area contributed by atoms with Crippen molar-refractivity contribution < 1.29 is 14.3 Å². The van der Waals surface area contributed by atoms with E-state index in [1.54, 1.807) is 43.5 Å². The maximum absolute atomic E-state index is 11.9. The van der Waals surface area contributed by atoms with Crippen LogP contribution in [0.1, 0.15) is 26.3 Å². The van der Waals surface area contributed by atoms with E-state index in [9.17, 15) is 9.59 Å². The minimum atomic E-state index is -0.559. The van der Waals surface area contributed by atoms with Crippen LogP contribution in [0.5, 0.6) is 0 Å². The van der Waals surface area contributed by atoms with E-state index in [0.717, 1.165) is 5.56 Å². The van der Waals surface area contributed by atoms with Crippen LogP contribution < -0.4 is 0 Å². The minimum Gasteiger partial charge on any atom is -0.454 e. The van der Waals surface area contributed by atoms with Gasteiger partial charge in [0.25, 0.3) is 0 Å². The molecule has 2 aromatic rings. The van der Waals surface area contributed by atoms with Gasteiger partial charge in [0, 0.05) is 23.0 Å². The van der Waals surface area contributed by atoms with Crippen LogP contribution in [0, 0.1) is 6.92 Å². The highest BCUT2D eigenvalue weighted by molar-refractivity contribution is 6.30. The Morgan fingerprint density at radius 2 is 1.90 bits per heavy atom. The van der Waals surface area contributed by atoms with E-state index < -0.39 is 5.97 Å². The SMILES string of the molecule is Cc1ccncc1C(=O)COC(=O)c1ccc(Cl)cc1. The van der Waals surface area contributed by atoms with E-state index in [1.807, 2.05) is 0 Å². The summed E-state index contributed by atoms with van der Waals surface area (Å²) in [5.41, 5.74) is 1.61. The molecule has 2 rings (SSSR count). The molecule has 0 atom stereocenters. The van der Waals surface area contributed by atoms with Crippen LogP contribution in [-0.4, -0.2) is 23.3 Å². The van der Waals surface area contributed by atoms with Crippen molar-refractivity contribution in [2.75, 3.05) is 6.61 Å². The van der Waals surface area contributed by atoms with Crippen LogP contribution in [0.4, 0.5) is 0 Å². The summed E-state index contributed by atoms with van der Waals surface area (Å²) < 4.78 is 4.98. The number of ketones is 1. The number of hydrogen-bond acceptors (Lipinski definition) is 4. The highest BCUT2D eigenvalue weighted by atomic mass is 35.5. The van der Waals surface area contributed by atoms with Crippen molar-refractivity contribution in [1.29, 1.82) is 0 Å². The molecule has 0 bridgehead atoms. The first kappa shape index (κ1) is 14.2. The molecule has 0 aliphatic heterocycles. The molecule has 0 N–H and O–H groups in total. The molecule has 102 valence electrons. The molecule has 0 saturated heterocycles. The molecular formula is C15H12ClNO3. The van der Waals surface area contributed by atoms with Crippen LogP contribution >= 0.6 is 11.6 Å². The van der Waals surface area contributed by atoms with Gasteiger partial charge in [-0.15, -0.1) is 0 Å². The Morgan fingerprint density at radius 1 is 1.20 bits per heavy atom. The van der Waals surface area contributed by atoms with Crippen LogP contribution in [0.3, 0.4) is 0 Å². The normalized spacial score (nSPS) is 10.1. The number of esters is 1. The second-order valence-corrected chi connectivity index (χ2v) is 4.63. The van der Waals surface area contributed by atoms with Gasteiger partial charge in [-0.05, 0) is 42.8 Å². The lowest BCUT2D eigenvalue weighted by molar-refractivity contribution is 0.0474. The molecule has 0 spiro atoms. The van der Waals surface area contributed by atoms with E-state index in [1.165, 1.54) is 6.20 Å². The van der Waals surface area contributed by atoms with Gasteiger partial charge < -0.3 is 4.74 Å². The molecule has 0 fully saturated rings. The maximum Gasteiger partial charge on any atom is 0.338 e. The first-order valence-electron chi connectivity index (χ1n) is 5.94. The summed E-state index contributed by atoms with van der Waals surface area (Å²) in [6.45, 7) is 1.49. The van der Waals surface area contributed by atoms with Crippen LogP contribution in [0.25, 0.3) is 0 Å². The lowest BCUT2D eigenvalue weighted by Crippen LogP contribution is -2.15. The predicted octanol–water partition coefficient (Wildman–Crippen LogP) is 3.08. The number of rotatable bonds is 4. The average Bonchev–Trinajstić information content (AvgIpc) is 2.45. The van der Waals surface area contributed by atoms with Gasteiger partial charge in [-0.25, -0.2) is 4.79 Å². The third kappa shape index (κ3) is 3.42. The second-order valence-electron chi connectivity index (χ2n) is 4.20. The number of aromatic nitrogens is 1. The van der Waals surface area contributed by atoms with Gasteiger partial charge in [0.1, 0.15) is 0 Å². The van der Waals surface area contributed by atoms with Gasteiger partial charge >= 0.3 is 5.97 Å². The minimum absolute atomic E-state index is 0.280. The number of pyridine rings is 1. The van der Waals surface area contributed by atoms with Crippen molar-refractivity contribution in [3.63, 3.8) is 0 Å². The first-order chi connectivity index (χ1) is 9.58. The predicted molar refractivity (Wildman–Crippen MR) is 75.0 cm³/mol.